The molecule has 2 rings (SSSR count). The number of nitrogens with two attached hydrogens (primary N) is 1. The van der Waals surface area contributed by atoms with E-state index in [0.29, 0.717) is 11.4 Å². The summed E-state index contributed by atoms with van der Waals surface area (Å²) in [7, 11) is 1.62. The van der Waals surface area contributed by atoms with Gasteiger partial charge in [-0.2, -0.15) is 5.10 Å². The molecule has 0 aliphatic heterocycles. The molecule has 1 heterocycles. The van der Waals surface area contributed by atoms with Gasteiger partial charge in [-0.15, -0.1) is 0 Å². The number of nitrogens with one attached hydrogen (secondary N) is 1. The highest BCUT2D eigenvalue weighted by molar-refractivity contribution is 7.80. The van der Waals surface area contributed by atoms with E-state index in [1.807, 2.05) is 0 Å². The molecule has 0 aliphatic carbocycles. The van der Waals surface area contributed by atoms with Gasteiger partial charge in [0.05, 0.1) is 17.3 Å². The summed E-state index contributed by atoms with van der Waals surface area (Å²) < 4.78 is 1.41. The van der Waals surface area contributed by atoms with Crippen LogP contribution in [0.3, 0.4) is 0 Å². The number of phenols is 2. The Bertz CT molecular complexity index is 696. The van der Waals surface area contributed by atoms with Gasteiger partial charge in [-0.3, -0.25) is 9.48 Å². The van der Waals surface area contributed by atoms with Crippen molar-refractivity contribution in [1.29, 1.82) is 0 Å². The highest BCUT2D eigenvalue weighted by Crippen LogP contribution is 2.24. The van der Waals surface area contributed by atoms with Crippen LogP contribution in [0.25, 0.3) is 0 Å². The van der Waals surface area contributed by atoms with E-state index in [1.54, 1.807) is 7.05 Å². The molecule has 1 aromatic heterocycles. The summed E-state index contributed by atoms with van der Waals surface area (Å²) in [6.45, 7) is 0. The molecule has 2 aromatic rings. The zero-order valence-corrected chi connectivity index (χ0v) is 11.3. The Morgan fingerprint density at radius 2 is 2.10 bits per heavy atom. The van der Waals surface area contributed by atoms with E-state index < -0.39 is 5.91 Å². The standard InChI is InChI=1S/C12H12N4O3S/c1-16-11(8(5-14-16)10(13)20)15-12(19)7-3-2-6(17)4-9(7)18/h2-5,17-18H,1H3,(H2,13,20)(H,15,19). The van der Waals surface area contributed by atoms with Crippen LogP contribution in [0.15, 0.2) is 24.4 Å². The Kier molecular flexibility index (Phi) is 3.57. The van der Waals surface area contributed by atoms with Crippen LogP contribution in [-0.4, -0.2) is 30.9 Å². The van der Waals surface area contributed by atoms with E-state index in [2.05, 4.69) is 10.4 Å². The highest BCUT2D eigenvalue weighted by Gasteiger charge is 2.17. The second-order valence-corrected chi connectivity index (χ2v) is 4.49. The summed E-state index contributed by atoms with van der Waals surface area (Å²) in [5, 5.41) is 25.4. The molecular weight excluding hydrogens is 280 g/mol. The molecule has 1 amide bonds. The summed E-state index contributed by atoms with van der Waals surface area (Å²) in [5.74, 6) is -0.705. The van der Waals surface area contributed by atoms with Crippen molar-refractivity contribution < 1.29 is 15.0 Å². The minimum atomic E-state index is -0.566. The number of carbonyl (C=O) groups excluding carboxylic acids is 1. The zero-order valence-electron chi connectivity index (χ0n) is 10.5. The molecule has 0 radical (unpaired) electrons. The average molecular weight is 292 g/mol. The van der Waals surface area contributed by atoms with Crippen LogP contribution in [-0.2, 0) is 7.05 Å². The molecule has 104 valence electrons. The van der Waals surface area contributed by atoms with Crippen LogP contribution in [0.5, 0.6) is 11.5 Å². The maximum Gasteiger partial charge on any atom is 0.260 e. The number of phenolic OH excluding ortho intramolecular Hbond substituents is 2. The quantitative estimate of drug-likeness (QED) is 0.620. The smallest absolute Gasteiger partial charge is 0.260 e. The maximum atomic E-state index is 12.1. The maximum absolute atomic E-state index is 12.1. The van der Waals surface area contributed by atoms with E-state index in [0.717, 1.165) is 6.07 Å². The van der Waals surface area contributed by atoms with Gasteiger partial charge in [0.25, 0.3) is 5.91 Å². The Hall–Kier alpha value is -2.61. The first kappa shape index (κ1) is 13.8. The third kappa shape index (κ3) is 2.54. The van der Waals surface area contributed by atoms with E-state index in [1.165, 1.54) is 23.0 Å². The van der Waals surface area contributed by atoms with E-state index in [4.69, 9.17) is 18.0 Å². The fourth-order valence-corrected chi connectivity index (χ4v) is 1.80. The minimum absolute atomic E-state index is 0.0119. The largest absolute Gasteiger partial charge is 0.508 e. The molecule has 7 nitrogen and oxygen atoms in total. The Balaban J connectivity index is 2.33. The molecule has 0 fully saturated rings. The van der Waals surface area contributed by atoms with Crippen LogP contribution >= 0.6 is 12.2 Å². The summed E-state index contributed by atoms with van der Waals surface area (Å²) in [6, 6.07) is 3.68. The fraction of sp³-hybridized carbons (Fsp3) is 0.0833. The lowest BCUT2D eigenvalue weighted by molar-refractivity contribution is 0.102. The van der Waals surface area contributed by atoms with Crippen LogP contribution in [0.1, 0.15) is 15.9 Å². The number of nitrogens with zero attached hydrogens (tertiary/aromatic N) is 2. The van der Waals surface area contributed by atoms with Gasteiger partial charge in [0.2, 0.25) is 0 Å². The van der Waals surface area contributed by atoms with Gasteiger partial charge < -0.3 is 21.3 Å². The molecule has 0 atom stereocenters. The van der Waals surface area contributed by atoms with E-state index in [9.17, 15) is 15.0 Å². The summed E-state index contributed by atoms with van der Waals surface area (Å²) in [6.07, 6.45) is 1.44. The number of hydrogen-bond acceptors (Lipinski definition) is 5. The van der Waals surface area contributed by atoms with Gasteiger partial charge in [0.1, 0.15) is 22.3 Å². The number of rotatable bonds is 3. The zero-order chi connectivity index (χ0) is 14.9. The predicted octanol–water partition coefficient (Wildman–Crippen LogP) is 0.718. The van der Waals surface area contributed by atoms with Gasteiger partial charge in [0, 0.05) is 13.1 Å². The number of aryl methyl sites for hydroxylation is 1. The monoisotopic (exact) mass is 292 g/mol. The first-order chi connectivity index (χ1) is 9.40. The normalized spacial score (nSPS) is 10.2. The molecule has 1 aromatic carbocycles. The summed E-state index contributed by atoms with van der Waals surface area (Å²) in [5.41, 5.74) is 5.97. The molecular formula is C12H12N4O3S. The van der Waals surface area contributed by atoms with Gasteiger partial charge in [0.15, 0.2) is 0 Å². The number of thiocarbonyl (C=S) groups is 1. The van der Waals surface area contributed by atoms with Gasteiger partial charge in [-0.1, -0.05) is 12.2 Å². The predicted molar refractivity (Wildman–Crippen MR) is 76.8 cm³/mol. The van der Waals surface area contributed by atoms with Crippen LogP contribution < -0.4 is 11.1 Å². The van der Waals surface area contributed by atoms with Gasteiger partial charge in [-0.05, 0) is 12.1 Å². The summed E-state index contributed by atoms with van der Waals surface area (Å²) >= 11 is 4.87. The number of anilines is 1. The lowest BCUT2D eigenvalue weighted by atomic mass is 10.1. The second-order valence-electron chi connectivity index (χ2n) is 4.05. The number of carbonyl (C=O) groups is 1. The highest BCUT2D eigenvalue weighted by atomic mass is 32.1. The molecule has 0 aliphatic rings. The fourth-order valence-electron chi connectivity index (χ4n) is 1.65. The molecule has 0 saturated heterocycles. The molecule has 8 heteroatoms. The number of amides is 1. The van der Waals surface area contributed by atoms with E-state index in [-0.39, 0.29) is 22.1 Å². The Morgan fingerprint density at radius 1 is 1.40 bits per heavy atom. The first-order valence-electron chi connectivity index (χ1n) is 5.55. The van der Waals surface area contributed by atoms with Crippen molar-refractivity contribution >= 4 is 28.9 Å². The second kappa shape index (κ2) is 5.17. The number of benzene rings is 1. The lowest BCUT2D eigenvalue weighted by Crippen LogP contribution is -2.18. The van der Waals surface area contributed by atoms with Crippen molar-refractivity contribution in [2.45, 2.75) is 0 Å². The van der Waals surface area contributed by atoms with Crippen LogP contribution in [0.4, 0.5) is 5.82 Å². The van der Waals surface area contributed by atoms with E-state index >= 15 is 0 Å². The third-order valence-corrected chi connectivity index (χ3v) is 2.88. The van der Waals surface area contributed by atoms with Crippen molar-refractivity contribution in [1.82, 2.24) is 9.78 Å². The molecule has 0 unspecified atom stereocenters. The number of aromatic nitrogens is 2. The lowest BCUT2D eigenvalue weighted by Gasteiger charge is -2.09. The third-order valence-electron chi connectivity index (χ3n) is 2.66. The van der Waals surface area contributed by atoms with Crippen molar-refractivity contribution in [3.63, 3.8) is 0 Å². The topological polar surface area (TPSA) is 113 Å². The molecule has 0 saturated carbocycles. The van der Waals surface area contributed by atoms with Crippen molar-refractivity contribution in [2.75, 3.05) is 5.32 Å². The van der Waals surface area contributed by atoms with Crippen molar-refractivity contribution in [2.24, 2.45) is 12.8 Å². The van der Waals surface area contributed by atoms with Crippen molar-refractivity contribution in [3.05, 3.63) is 35.5 Å². The Labute approximate surface area is 119 Å². The van der Waals surface area contributed by atoms with Gasteiger partial charge >= 0.3 is 0 Å². The number of hydrogen-bond donors (Lipinski definition) is 4. The molecule has 0 spiro atoms. The molecule has 20 heavy (non-hydrogen) atoms. The summed E-state index contributed by atoms with van der Waals surface area (Å²) in [4.78, 5) is 12.2. The van der Waals surface area contributed by atoms with Gasteiger partial charge in [-0.25, -0.2) is 0 Å². The first-order valence-corrected chi connectivity index (χ1v) is 5.96. The van der Waals surface area contributed by atoms with Crippen LogP contribution in [0, 0.1) is 0 Å². The average Bonchev–Trinajstić information content (AvgIpc) is 2.71. The minimum Gasteiger partial charge on any atom is -0.508 e. The molecule has 5 N–H and O–H groups in total. The Morgan fingerprint density at radius 3 is 2.70 bits per heavy atom. The number of aromatic hydroxyl groups is 2. The van der Waals surface area contributed by atoms with Crippen molar-refractivity contribution in [3.8, 4) is 11.5 Å². The molecule has 0 bridgehead atoms. The SMILES string of the molecule is Cn1ncc(C(N)=S)c1NC(=O)c1ccc(O)cc1O. The van der Waals surface area contributed by atoms with Crippen LogP contribution in [0.2, 0.25) is 0 Å².